The van der Waals surface area contributed by atoms with E-state index in [1.807, 2.05) is 31.2 Å². The van der Waals surface area contributed by atoms with Crippen LogP contribution in [0, 0.1) is 6.92 Å². The van der Waals surface area contributed by atoms with Crippen molar-refractivity contribution in [2.75, 3.05) is 11.9 Å². The summed E-state index contributed by atoms with van der Waals surface area (Å²) in [5.74, 6) is -1.80. The minimum absolute atomic E-state index is 0.305. The summed E-state index contributed by atoms with van der Waals surface area (Å²) in [6.07, 6.45) is 7.54. The van der Waals surface area contributed by atoms with Crippen LogP contribution in [0.25, 0.3) is 0 Å². The first kappa shape index (κ1) is 22.3. The Morgan fingerprint density at radius 2 is 1.68 bits per heavy atom. The standard InChI is InChI=1S/C25H29N3O3/c1-18-11-13-20(14-12-18)17-27-23(29)21-9-5-6-10-22(21)28-25(31)24(30)26-16-15-19-7-3-2-4-8-19/h5-7,9-14H,2-4,8,15-17H2,1H3,(H,26,30)(H,27,29)(H,28,31). The van der Waals surface area contributed by atoms with Crippen LogP contribution in [0.4, 0.5) is 5.69 Å². The van der Waals surface area contributed by atoms with Gasteiger partial charge in [0.15, 0.2) is 0 Å². The molecule has 1 aliphatic rings. The van der Waals surface area contributed by atoms with E-state index in [1.165, 1.54) is 18.4 Å². The van der Waals surface area contributed by atoms with Gasteiger partial charge in [-0.2, -0.15) is 0 Å². The van der Waals surface area contributed by atoms with E-state index in [9.17, 15) is 14.4 Å². The van der Waals surface area contributed by atoms with Crippen molar-refractivity contribution in [2.45, 2.75) is 45.6 Å². The monoisotopic (exact) mass is 419 g/mol. The first-order valence-corrected chi connectivity index (χ1v) is 10.7. The summed E-state index contributed by atoms with van der Waals surface area (Å²) < 4.78 is 0. The van der Waals surface area contributed by atoms with E-state index < -0.39 is 11.8 Å². The van der Waals surface area contributed by atoms with Crippen LogP contribution in [0.1, 0.15) is 53.6 Å². The average molecular weight is 420 g/mol. The second-order valence-corrected chi connectivity index (χ2v) is 7.78. The number of hydrogen-bond acceptors (Lipinski definition) is 3. The summed E-state index contributed by atoms with van der Waals surface area (Å²) in [5, 5.41) is 8.07. The molecular formula is C25H29N3O3. The van der Waals surface area contributed by atoms with E-state index in [0.29, 0.717) is 24.3 Å². The lowest BCUT2D eigenvalue weighted by molar-refractivity contribution is -0.136. The molecule has 162 valence electrons. The number of benzene rings is 2. The fraction of sp³-hybridized carbons (Fsp3) is 0.320. The Hall–Kier alpha value is -3.41. The Kier molecular flexibility index (Phi) is 7.98. The van der Waals surface area contributed by atoms with Crippen LogP contribution in [0.2, 0.25) is 0 Å². The SMILES string of the molecule is Cc1ccc(CNC(=O)c2ccccc2NC(=O)C(=O)NCCC2=CCCCC2)cc1. The normalized spacial score (nSPS) is 13.1. The van der Waals surface area contributed by atoms with Crippen LogP contribution in [-0.2, 0) is 16.1 Å². The molecule has 6 nitrogen and oxygen atoms in total. The van der Waals surface area contributed by atoms with E-state index >= 15 is 0 Å². The maximum Gasteiger partial charge on any atom is 0.313 e. The van der Waals surface area contributed by atoms with Crippen molar-refractivity contribution in [3.05, 3.63) is 76.9 Å². The molecule has 3 amide bonds. The van der Waals surface area contributed by atoms with Crippen molar-refractivity contribution in [1.82, 2.24) is 10.6 Å². The molecule has 0 saturated heterocycles. The van der Waals surface area contributed by atoms with Gasteiger partial charge in [0.25, 0.3) is 5.91 Å². The summed E-state index contributed by atoms with van der Waals surface area (Å²) in [5.41, 5.74) is 4.08. The third-order valence-corrected chi connectivity index (χ3v) is 5.32. The number of carbonyl (C=O) groups is 3. The van der Waals surface area contributed by atoms with Crippen LogP contribution < -0.4 is 16.0 Å². The van der Waals surface area contributed by atoms with Gasteiger partial charge in [-0.15, -0.1) is 0 Å². The van der Waals surface area contributed by atoms with Crippen LogP contribution in [-0.4, -0.2) is 24.3 Å². The molecule has 0 aliphatic heterocycles. The topological polar surface area (TPSA) is 87.3 Å². The molecule has 6 heteroatoms. The lowest BCUT2D eigenvalue weighted by atomic mass is 9.97. The summed E-state index contributed by atoms with van der Waals surface area (Å²) in [6.45, 7) is 2.80. The molecule has 1 aliphatic carbocycles. The second-order valence-electron chi connectivity index (χ2n) is 7.78. The van der Waals surface area contributed by atoms with Gasteiger partial charge in [0, 0.05) is 13.1 Å². The first-order valence-electron chi connectivity index (χ1n) is 10.7. The quantitative estimate of drug-likeness (QED) is 0.470. The lowest BCUT2D eigenvalue weighted by Gasteiger charge is -2.13. The molecule has 3 rings (SSSR count). The highest BCUT2D eigenvalue weighted by Gasteiger charge is 2.17. The number of hydrogen-bond donors (Lipinski definition) is 3. The Labute approximate surface area is 183 Å². The zero-order valence-electron chi connectivity index (χ0n) is 17.9. The molecule has 3 N–H and O–H groups in total. The molecule has 0 unspecified atom stereocenters. The summed E-state index contributed by atoms with van der Waals surface area (Å²) >= 11 is 0. The van der Waals surface area contributed by atoms with E-state index in [4.69, 9.17) is 0 Å². The van der Waals surface area contributed by atoms with E-state index in [2.05, 4.69) is 22.0 Å². The number of aryl methyl sites for hydroxylation is 1. The van der Waals surface area contributed by atoms with Crippen molar-refractivity contribution in [3.63, 3.8) is 0 Å². The highest BCUT2D eigenvalue weighted by Crippen LogP contribution is 2.19. The Morgan fingerprint density at radius 1 is 0.903 bits per heavy atom. The molecule has 0 bridgehead atoms. The molecule has 0 spiro atoms. The minimum Gasteiger partial charge on any atom is -0.348 e. The van der Waals surface area contributed by atoms with Crippen LogP contribution in [0.3, 0.4) is 0 Å². The predicted octanol–water partition coefficient (Wildman–Crippen LogP) is 3.87. The van der Waals surface area contributed by atoms with Crippen LogP contribution >= 0.6 is 0 Å². The van der Waals surface area contributed by atoms with Gasteiger partial charge >= 0.3 is 11.8 Å². The summed E-state index contributed by atoms with van der Waals surface area (Å²) in [7, 11) is 0. The van der Waals surface area contributed by atoms with E-state index in [0.717, 1.165) is 30.4 Å². The molecule has 2 aromatic rings. The Balaban J connectivity index is 1.53. The second kappa shape index (κ2) is 11.1. The van der Waals surface area contributed by atoms with Gasteiger partial charge in [-0.25, -0.2) is 0 Å². The third-order valence-electron chi connectivity index (χ3n) is 5.32. The maximum absolute atomic E-state index is 12.6. The van der Waals surface area contributed by atoms with Crippen molar-refractivity contribution < 1.29 is 14.4 Å². The smallest absolute Gasteiger partial charge is 0.313 e. The zero-order chi connectivity index (χ0) is 22.1. The molecule has 0 aromatic heterocycles. The van der Waals surface area contributed by atoms with Crippen LogP contribution in [0.5, 0.6) is 0 Å². The number of nitrogens with one attached hydrogen (secondary N) is 3. The summed E-state index contributed by atoms with van der Waals surface area (Å²) in [6, 6.07) is 14.5. The number of allylic oxidation sites excluding steroid dienone is 1. The fourth-order valence-electron chi connectivity index (χ4n) is 3.50. The third kappa shape index (κ3) is 6.81. The van der Waals surface area contributed by atoms with Gasteiger partial charge in [0.05, 0.1) is 11.3 Å². The Bertz CT molecular complexity index is 964. The van der Waals surface area contributed by atoms with Gasteiger partial charge in [-0.1, -0.05) is 53.6 Å². The molecule has 0 fully saturated rings. The zero-order valence-corrected chi connectivity index (χ0v) is 17.9. The van der Waals surface area contributed by atoms with E-state index in [1.54, 1.807) is 24.3 Å². The van der Waals surface area contributed by atoms with Gasteiger partial charge in [0.2, 0.25) is 0 Å². The van der Waals surface area contributed by atoms with E-state index in [-0.39, 0.29) is 5.91 Å². The number of rotatable bonds is 7. The van der Waals surface area contributed by atoms with Crippen molar-refractivity contribution in [1.29, 1.82) is 0 Å². The summed E-state index contributed by atoms with van der Waals surface area (Å²) in [4.78, 5) is 37.1. The van der Waals surface area contributed by atoms with Crippen LogP contribution in [0.15, 0.2) is 60.2 Å². The number of anilines is 1. The highest BCUT2D eigenvalue weighted by molar-refractivity contribution is 6.40. The molecular weight excluding hydrogens is 390 g/mol. The van der Waals surface area contributed by atoms with Crippen molar-refractivity contribution in [2.24, 2.45) is 0 Å². The highest BCUT2D eigenvalue weighted by atomic mass is 16.2. The van der Waals surface area contributed by atoms with Crippen molar-refractivity contribution in [3.8, 4) is 0 Å². The van der Waals surface area contributed by atoms with Gasteiger partial charge in [0.1, 0.15) is 0 Å². The fourth-order valence-corrected chi connectivity index (χ4v) is 3.50. The molecule has 0 radical (unpaired) electrons. The number of amides is 3. The molecule has 0 heterocycles. The minimum atomic E-state index is -0.781. The van der Waals surface area contributed by atoms with Gasteiger partial charge < -0.3 is 16.0 Å². The number of carbonyl (C=O) groups excluding carboxylic acids is 3. The molecule has 0 atom stereocenters. The predicted molar refractivity (Wildman–Crippen MR) is 122 cm³/mol. The molecule has 31 heavy (non-hydrogen) atoms. The Morgan fingerprint density at radius 3 is 2.42 bits per heavy atom. The molecule has 2 aromatic carbocycles. The largest absolute Gasteiger partial charge is 0.348 e. The molecule has 0 saturated carbocycles. The van der Waals surface area contributed by atoms with Gasteiger partial charge in [-0.05, 0) is 56.7 Å². The number of para-hydroxylation sites is 1. The first-order chi connectivity index (χ1) is 15.0. The lowest BCUT2D eigenvalue weighted by Crippen LogP contribution is -2.36. The maximum atomic E-state index is 12.6. The van der Waals surface area contributed by atoms with Gasteiger partial charge in [-0.3, -0.25) is 14.4 Å². The van der Waals surface area contributed by atoms with Crippen molar-refractivity contribution >= 4 is 23.4 Å². The average Bonchev–Trinajstić information content (AvgIpc) is 2.79.